The van der Waals surface area contributed by atoms with E-state index in [4.69, 9.17) is 4.74 Å². The minimum absolute atomic E-state index is 0.215. The summed E-state index contributed by atoms with van der Waals surface area (Å²) >= 11 is 0. The molecule has 0 amide bonds. The predicted octanol–water partition coefficient (Wildman–Crippen LogP) is 3.21. The van der Waals surface area contributed by atoms with E-state index >= 15 is 0 Å². The monoisotopic (exact) mass is 216 g/mol. The van der Waals surface area contributed by atoms with Crippen LogP contribution >= 0.6 is 0 Å². The fraction of sp³-hybridized carbons (Fsp3) is 0.214. The van der Waals surface area contributed by atoms with E-state index in [1.54, 1.807) is 0 Å². The number of ether oxygens (including phenoxy) is 1. The molecule has 0 aliphatic rings. The van der Waals surface area contributed by atoms with Crippen molar-refractivity contribution in [1.82, 2.24) is 0 Å². The summed E-state index contributed by atoms with van der Waals surface area (Å²) in [6, 6.07) is 9.89. The van der Waals surface area contributed by atoms with E-state index in [2.05, 4.69) is 6.58 Å². The van der Waals surface area contributed by atoms with Crippen LogP contribution in [-0.2, 0) is 9.53 Å². The molecule has 0 fully saturated rings. The van der Waals surface area contributed by atoms with Gasteiger partial charge < -0.3 is 4.74 Å². The Hall–Kier alpha value is -1.83. The van der Waals surface area contributed by atoms with E-state index in [1.807, 2.05) is 49.4 Å². The van der Waals surface area contributed by atoms with Crippen molar-refractivity contribution in [2.75, 3.05) is 0 Å². The molecule has 1 aromatic rings. The van der Waals surface area contributed by atoms with E-state index in [0.717, 1.165) is 5.56 Å². The van der Waals surface area contributed by atoms with E-state index in [9.17, 15) is 4.79 Å². The third-order valence-corrected chi connectivity index (χ3v) is 1.99. The molecule has 16 heavy (non-hydrogen) atoms. The van der Waals surface area contributed by atoms with Gasteiger partial charge in [0.25, 0.3) is 0 Å². The molecule has 0 radical (unpaired) electrons. The smallest absolute Gasteiger partial charge is 0.310 e. The summed E-state index contributed by atoms with van der Waals surface area (Å²) in [4.78, 5) is 11.1. The Balaban J connectivity index is 2.45. The molecule has 1 aromatic carbocycles. The van der Waals surface area contributed by atoms with E-state index in [-0.39, 0.29) is 18.5 Å². The lowest BCUT2D eigenvalue weighted by Gasteiger charge is -2.07. The van der Waals surface area contributed by atoms with Crippen LogP contribution in [0.2, 0.25) is 0 Å². The third kappa shape index (κ3) is 4.60. The SMILES string of the molecule is C=CCC(=O)O[C@@H](C)/C=C/c1ccccc1. The Morgan fingerprint density at radius 3 is 2.75 bits per heavy atom. The van der Waals surface area contributed by atoms with Crippen LogP contribution in [0, 0.1) is 0 Å². The summed E-state index contributed by atoms with van der Waals surface area (Å²) in [5, 5.41) is 0. The minimum atomic E-state index is -0.250. The van der Waals surface area contributed by atoms with Gasteiger partial charge in [0.15, 0.2) is 0 Å². The van der Waals surface area contributed by atoms with Crippen molar-refractivity contribution in [3.05, 3.63) is 54.6 Å². The second kappa shape index (κ2) is 6.62. The Morgan fingerprint density at radius 2 is 2.12 bits per heavy atom. The van der Waals surface area contributed by atoms with Crippen LogP contribution in [0.3, 0.4) is 0 Å². The van der Waals surface area contributed by atoms with E-state index in [0.29, 0.717) is 0 Å². The zero-order valence-corrected chi connectivity index (χ0v) is 9.43. The fourth-order valence-corrected chi connectivity index (χ4v) is 1.22. The van der Waals surface area contributed by atoms with Crippen molar-refractivity contribution in [2.24, 2.45) is 0 Å². The van der Waals surface area contributed by atoms with Crippen molar-refractivity contribution in [1.29, 1.82) is 0 Å². The van der Waals surface area contributed by atoms with Crippen LogP contribution in [0.1, 0.15) is 18.9 Å². The van der Waals surface area contributed by atoms with Gasteiger partial charge in [0, 0.05) is 0 Å². The summed E-state index contributed by atoms with van der Waals surface area (Å²) in [7, 11) is 0. The molecule has 0 aromatic heterocycles. The molecule has 84 valence electrons. The first-order valence-electron chi connectivity index (χ1n) is 5.26. The molecule has 2 heteroatoms. The number of benzene rings is 1. The van der Waals surface area contributed by atoms with Gasteiger partial charge in [-0.2, -0.15) is 0 Å². The number of hydrogen-bond acceptors (Lipinski definition) is 2. The van der Waals surface area contributed by atoms with Crippen molar-refractivity contribution in [3.63, 3.8) is 0 Å². The third-order valence-electron chi connectivity index (χ3n) is 1.99. The summed E-state index contributed by atoms with van der Waals surface area (Å²) in [6.45, 7) is 5.32. The average Bonchev–Trinajstić information content (AvgIpc) is 2.28. The molecule has 0 heterocycles. The molecule has 0 bridgehead atoms. The molecule has 0 saturated heterocycles. The van der Waals surface area contributed by atoms with Crippen LogP contribution in [0.25, 0.3) is 6.08 Å². The van der Waals surface area contributed by atoms with Gasteiger partial charge in [-0.25, -0.2) is 0 Å². The van der Waals surface area contributed by atoms with Crippen LogP contribution in [0.4, 0.5) is 0 Å². The Kier molecular flexibility index (Phi) is 5.06. The molecular formula is C14H16O2. The highest BCUT2D eigenvalue weighted by molar-refractivity contribution is 5.71. The number of carbonyl (C=O) groups is 1. The predicted molar refractivity (Wildman–Crippen MR) is 65.8 cm³/mol. The maximum Gasteiger partial charge on any atom is 0.310 e. The van der Waals surface area contributed by atoms with Crippen molar-refractivity contribution in [3.8, 4) is 0 Å². The first kappa shape index (κ1) is 12.2. The standard InChI is InChI=1S/C14H16O2/c1-3-7-14(15)16-12(2)10-11-13-8-5-4-6-9-13/h3-6,8-12H,1,7H2,2H3/b11-10+/t12-/m0/s1. The lowest BCUT2D eigenvalue weighted by Crippen LogP contribution is -2.11. The molecule has 2 nitrogen and oxygen atoms in total. The Labute approximate surface area is 96.2 Å². The molecule has 0 spiro atoms. The lowest BCUT2D eigenvalue weighted by atomic mass is 10.2. The maximum absolute atomic E-state index is 11.1. The molecule has 0 aliphatic heterocycles. The number of rotatable bonds is 5. The first-order chi connectivity index (χ1) is 7.72. The highest BCUT2D eigenvalue weighted by Gasteiger charge is 2.03. The van der Waals surface area contributed by atoms with Gasteiger partial charge in [0.1, 0.15) is 6.10 Å². The normalized spacial score (nSPS) is 12.3. The second-order valence-corrected chi connectivity index (χ2v) is 3.46. The second-order valence-electron chi connectivity index (χ2n) is 3.46. The van der Waals surface area contributed by atoms with Gasteiger partial charge in [0.2, 0.25) is 0 Å². The van der Waals surface area contributed by atoms with Crippen LogP contribution in [-0.4, -0.2) is 12.1 Å². The van der Waals surface area contributed by atoms with Crippen LogP contribution in [0.15, 0.2) is 49.1 Å². The molecule has 0 N–H and O–H groups in total. The van der Waals surface area contributed by atoms with Gasteiger partial charge in [0.05, 0.1) is 6.42 Å². The Bertz CT molecular complexity index is 366. The zero-order valence-electron chi connectivity index (χ0n) is 9.43. The van der Waals surface area contributed by atoms with Crippen LogP contribution in [0.5, 0.6) is 0 Å². The van der Waals surface area contributed by atoms with Crippen molar-refractivity contribution < 1.29 is 9.53 Å². The number of hydrogen-bond donors (Lipinski definition) is 0. The van der Waals surface area contributed by atoms with Gasteiger partial charge in [-0.1, -0.05) is 42.5 Å². The minimum Gasteiger partial charge on any atom is -0.458 e. The quantitative estimate of drug-likeness (QED) is 0.558. The maximum atomic E-state index is 11.1. The highest BCUT2D eigenvalue weighted by atomic mass is 16.5. The molecule has 0 aliphatic carbocycles. The van der Waals surface area contributed by atoms with Crippen molar-refractivity contribution in [2.45, 2.75) is 19.4 Å². The van der Waals surface area contributed by atoms with E-state index < -0.39 is 0 Å². The summed E-state index contributed by atoms with van der Waals surface area (Å²) in [5.41, 5.74) is 1.09. The van der Waals surface area contributed by atoms with Gasteiger partial charge in [-0.05, 0) is 18.6 Å². The van der Waals surface area contributed by atoms with E-state index in [1.165, 1.54) is 6.08 Å². The van der Waals surface area contributed by atoms with Gasteiger partial charge in [-0.3, -0.25) is 4.79 Å². The first-order valence-corrected chi connectivity index (χ1v) is 5.26. The topological polar surface area (TPSA) is 26.3 Å². The molecule has 0 saturated carbocycles. The summed E-state index contributed by atoms with van der Waals surface area (Å²) in [5.74, 6) is -0.250. The number of esters is 1. The molecular weight excluding hydrogens is 200 g/mol. The summed E-state index contributed by atoms with van der Waals surface area (Å²) in [6.07, 6.45) is 5.37. The van der Waals surface area contributed by atoms with Gasteiger partial charge in [-0.15, -0.1) is 6.58 Å². The van der Waals surface area contributed by atoms with Crippen LogP contribution < -0.4 is 0 Å². The molecule has 0 unspecified atom stereocenters. The molecule has 1 atom stereocenters. The fourth-order valence-electron chi connectivity index (χ4n) is 1.22. The average molecular weight is 216 g/mol. The Morgan fingerprint density at radius 1 is 1.44 bits per heavy atom. The number of carbonyl (C=O) groups excluding carboxylic acids is 1. The zero-order chi connectivity index (χ0) is 11.8. The summed E-state index contributed by atoms with van der Waals surface area (Å²) < 4.78 is 5.12. The lowest BCUT2D eigenvalue weighted by molar-refractivity contribution is -0.145. The largest absolute Gasteiger partial charge is 0.458 e. The highest BCUT2D eigenvalue weighted by Crippen LogP contribution is 2.04. The van der Waals surface area contributed by atoms with Crippen molar-refractivity contribution >= 4 is 12.0 Å². The van der Waals surface area contributed by atoms with Gasteiger partial charge >= 0.3 is 5.97 Å². The molecule has 1 rings (SSSR count).